The van der Waals surface area contributed by atoms with E-state index in [0.29, 0.717) is 5.92 Å². The van der Waals surface area contributed by atoms with Gasteiger partial charge in [-0.1, -0.05) is 6.07 Å². The average Bonchev–Trinajstić information content (AvgIpc) is 3.00. The first-order valence-electron chi connectivity index (χ1n) is 8.59. The largest absolute Gasteiger partial charge is 0.497 e. The van der Waals surface area contributed by atoms with Gasteiger partial charge in [-0.2, -0.15) is 0 Å². The quantitative estimate of drug-likeness (QED) is 0.817. The first-order valence-corrected chi connectivity index (χ1v) is 8.59. The lowest BCUT2D eigenvalue weighted by Gasteiger charge is -2.33. The Morgan fingerprint density at radius 1 is 1.25 bits per heavy atom. The Kier molecular flexibility index (Phi) is 5.41. The number of piperidine rings is 1. The number of nitrogens with zero attached hydrogens (tertiary/aromatic N) is 3. The number of benzene rings is 1. The molecular weight excluding hydrogens is 302 g/mol. The fraction of sp³-hybridized carbons (Fsp3) is 0.526. The van der Waals surface area contributed by atoms with E-state index in [0.717, 1.165) is 37.6 Å². The molecule has 1 atom stereocenters. The lowest BCUT2D eigenvalue weighted by Crippen LogP contribution is -2.36. The summed E-state index contributed by atoms with van der Waals surface area (Å²) in [6.07, 6.45) is 7.49. The van der Waals surface area contributed by atoms with Crippen molar-refractivity contribution in [3.8, 4) is 11.5 Å². The van der Waals surface area contributed by atoms with Crippen LogP contribution in [0.5, 0.6) is 11.5 Å². The molecule has 1 aliphatic rings. The molecule has 1 aromatic heterocycles. The predicted molar refractivity (Wildman–Crippen MR) is 94.5 cm³/mol. The number of methoxy groups -OCH3 is 2. The van der Waals surface area contributed by atoms with Crippen molar-refractivity contribution in [2.24, 2.45) is 13.0 Å². The van der Waals surface area contributed by atoms with Crippen LogP contribution in [0.3, 0.4) is 0 Å². The minimum Gasteiger partial charge on any atom is -0.497 e. The summed E-state index contributed by atoms with van der Waals surface area (Å²) >= 11 is 0. The van der Waals surface area contributed by atoms with Gasteiger partial charge in [0.15, 0.2) is 0 Å². The van der Waals surface area contributed by atoms with Gasteiger partial charge in [0.25, 0.3) is 0 Å². The topological polar surface area (TPSA) is 39.5 Å². The van der Waals surface area contributed by atoms with Crippen molar-refractivity contribution >= 4 is 0 Å². The minimum atomic E-state index is 0.670. The molecule has 0 bridgehead atoms. The van der Waals surface area contributed by atoms with E-state index in [-0.39, 0.29) is 0 Å². The second-order valence-electron chi connectivity index (χ2n) is 6.58. The van der Waals surface area contributed by atoms with Crippen LogP contribution in [0.2, 0.25) is 0 Å². The van der Waals surface area contributed by atoms with Gasteiger partial charge in [0, 0.05) is 50.6 Å². The van der Waals surface area contributed by atoms with Gasteiger partial charge in [0.2, 0.25) is 0 Å². The van der Waals surface area contributed by atoms with Gasteiger partial charge in [0.1, 0.15) is 17.3 Å². The zero-order chi connectivity index (χ0) is 16.9. The zero-order valence-corrected chi connectivity index (χ0v) is 14.9. The third kappa shape index (κ3) is 3.90. The number of rotatable bonds is 6. The summed E-state index contributed by atoms with van der Waals surface area (Å²) in [6, 6.07) is 6.08. The highest BCUT2D eigenvalue weighted by atomic mass is 16.5. The Morgan fingerprint density at radius 2 is 2.12 bits per heavy atom. The number of hydrogen-bond acceptors (Lipinski definition) is 4. The maximum atomic E-state index is 5.54. The lowest BCUT2D eigenvalue weighted by molar-refractivity contribution is 0.164. The molecule has 5 nitrogen and oxygen atoms in total. The molecule has 1 saturated heterocycles. The molecule has 0 amide bonds. The monoisotopic (exact) mass is 329 g/mol. The van der Waals surface area contributed by atoms with E-state index in [1.807, 2.05) is 24.5 Å². The Balaban J connectivity index is 1.64. The summed E-state index contributed by atoms with van der Waals surface area (Å²) in [5.41, 5.74) is 1.22. The summed E-state index contributed by atoms with van der Waals surface area (Å²) in [4.78, 5) is 7.01. The van der Waals surface area contributed by atoms with Crippen molar-refractivity contribution in [1.82, 2.24) is 14.5 Å². The van der Waals surface area contributed by atoms with E-state index in [4.69, 9.17) is 9.47 Å². The molecule has 2 aromatic rings. The molecule has 1 aromatic carbocycles. The molecule has 0 spiro atoms. The minimum absolute atomic E-state index is 0.670. The Labute approximate surface area is 144 Å². The van der Waals surface area contributed by atoms with E-state index in [9.17, 15) is 0 Å². The third-order valence-corrected chi connectivity index (χ3v) is 4.88. The van der Waals surface area contributed by atoms with E-state index >= 15 is 0 Å². The number of aryl methyl sites for hydroxylation is 1. The predicted octanol–water partition coefficient (Wildman–Crippen LogP) is 2.89. The molecule has 2 heterocycles. The van der Waals surface area contributed by atoms with E-state index in [1.165, 1.54) is 24.2 Å². The van der Waals surface area contributed by atoms with Crippen LogP contribution in [0.1, 0.15) is 24.2 Å². The second-order valence-corrected chi connectivity index (χ2v) is 6.58. The first-order chi connectivity index (χ1) is 11.7. The SMILES string of the molecule is COc1ccc(CN2CCCC(Cc3nccn3C)C2)c(OC)c1. The molecule has 0 saturated carbocycles. The first kappa shape index (κ1) is 16.8. The van der Waals surface area contributed by atoms with Gasteiger partial charge in [-0.15, -0.1) is 0 Å². The molecule has 130 valence electrons. The average molecular weight is 329 g/mol. The highest BCUT2D eigenvalue weighted by Crippen LogP contribution is 2.28. The van der Waals surface area contributed by atoms with Crippen molar-refractivity contribution in [1.29, 1.82) is 0 Å². The van der Waals surface area contributed by atoms with Gasteiger partial charge in [0.05, 0.1) is 14.2 Å². The van der Waals surface area contributed by atoms with Crippen molar-refractivity contribution in [2.45, 2.75) is 25.8 Å². The molecule has 3 rings (SSSR count). The normalized spacial score (nSPS) is 18.5. The van der Waals surface area contributed by atoms with Gasteiger partial charge >= 0.3 is 0 Å². The molecule has 0 radical (unpaired) electrons. The zero-order valence-electron chi connectivity index (χ0n) is 14.9. The highest BCUT2D eigenvalue weighted by Gasteiger charge is 2.22. The summed E-state index contributed by atoms with van der Waals surface area (Å²) in [6.45, 7) is 3.18. The molecule has 1 aliphatic heterocycles. The van der Waals surface area contributed by atoms with Crippen LogP contribution in [-0.4, -0.2) is 41.8 Å². The van der Waals surface area contributed by atoms with Crippen LogP contribution in [0.4, 0.5) is 0 Å². The molecule has 1 fully saturated rings. The van der Waals surface area contributed by atoms with Crippen LogP contribution in [-0.2, 0) is 20.0 Å². The van der Waals surface area contributed by atoms with Gasteiger partial charge in [-0.3, -0.25) is 4.90 Å². The van der Waals surface area contributed by atoms with Gasteiger partial charge < -0.3 is 14.0 Å². The summed E-state index contributed by atoms with van der Waals surface area (Å²) in [7, 11) is 5.48. The summed E-state index contributed by atoms with van der Waals surface area (Å²) < 4.78 is 13.0. The van der Waals surface area contributed by atoms with E-state index < -0.39 is 0 Å². The van der Waals surface area contributed by atoms with Crippen molar-refractivity contribution < 1.29 is 9.47 Å². The number of imidazole rings is 1. The molecule has 1 unspecified atom stereocenters. The lowest BCUT2D eigenvalue weighted by atomic mass is 9.94. The van der Waals surface area contributed by atoms with Crippen molar-refractivity contribution in [3.63, 3.8) is 0 Å². The number of likely N-dealkylation sites (tertiary alicyclic amines) is 1. The molecule has 0 aliphatic carbocycles. The van der Waals surface area contributed by atoms with Crippen LogP contribution in [0, 0.1) is 5.92 Å². The van der Waals surface area contributed by atoms with Crippen molar-refractivity contribution in [3.05, 3.63) is 42.0 Å². The maximum Gasteiger partial charge on any atom is 0.127 e. The standard InChI is InChI=1S/C19H27N3O2/c1-21-10-8-20-19(21)11-15-5-4-9-22(13-15)14-16-6-7-17(23-2)12-18(16)24-3/h6-8,10,12,15H,4-5,9,11,13-14H2,1-3H3. The maximum absolute atomic E-state index is 5.54. The summed E-state index contributed by atoms with van der Waals surface area (Å²) in [5, 5.41) is 0. The molecule has 0 N–H and O–H groups in total. The van der Waals surface area contributed by atoms with Crippen LogP contribution < -0.4 is 9.47 Å². The van der Waals surface area contributed by atoms with Crippen molar-refractivity contribution in [2.75, 3.05) is 27.3 Å². The van der Waals surface area contributed by atoms with E-state index in [2.05, 4.69) is 27.6 Å². The van der Waals surface area contributed by atoms with Gasteiger partial charge in [-0.25, -0.2) is 4.98 Å². The van der Waals surface area contributed by atoms with Crippen LogP contribution >= 0.6 is 0 Å². The Morgan fingerprint density at radius 3 is 2.83 bits per heavy atom. The fourth-order valence-electron chi connectivity index (χ4n) is 3.54. The Bertz CT molecular complexity index is 668. The molecule has 5 heteroatoms. The van der Waals surface area contributed by atoms with E-state index in [1.54, 1.807) is 14.2 Å². The molecular formula is C19H27N3O2. The highest BCUT2D eigenvalue weighted by molar-refractivity contribution is 5.40. The fourth-order valence-corrected chi connectivity index (χ4v) is 3.54. The number of aromatic nitrogens is 2. The second kappa shape index (κ2) is 7.71. The van der Waals surface area contributed by atoms with Gasteiger partial charge in [-0.05, 0) is 31.4 Å². The van der Waals surface area contributed by atoms with Crippen LogP contribution in [0.25, 0.3) is 0 Å². The smallest absolute Gasteiger partial charge is 0.127 e. The number of hydrogen-bond donors (Lipinski definition) is 0. The molecule has 24 heavy (non-hydrogen) atoms. The third-order valence-electron chi connectivity index (χ3n) is 4.88. The summed E-state index contributed by atoms with van der Waals surface area (Å²) in [5.74, 6) is 3.59. The Hall–Kier alpha value is -2.01. The number of ether oxygens (including phenoxy) is 2. The van der Waals surface area contributed by atoms with Crippen LogP contribution in [0.15, 0.2) is 30.6 Å².